The summed E-state index contributed by atoms with van der Waals surface area (Å²) >= 11 is 5.94. The topological polar surface area (TPSA) is 140 Å². The highest BCUT2D eigenvalue weighted by Crippen LogP contribution is 2.20. The van der Waals surface area contributed by atoms with Gasteiger partial charge < -0.3 is 10.1 Å². The second-order valence-electron chi connectivity index (χ2n) is 6.08. The number of nitrogens with one attached hydrogen (secondary N) is 3. The molecule has 0 fully saturated rings. The summed E-state index contributed by atoms with van der Waals surface area (Å²) in [4.78, 5) is 45.8. The molecule has 3 amide bonds. The van der Waals surface area contributed by atoms with E-state index in [2.05, 4.69) is 16.2 Å². The molecule has 11 heteroatoms. The number of hydrogen-bond donors (Lipinski definition) is 3. The number of nitrogens with zero attached hydrogens (tertiary/aromatic N) is 1. The molecule has 0 aliphatic carbocycles. The van der Waals surface area contributed by atoms with E-state index in [4.69, 9.17) is 16.3 Å². The van der Waals surface area contributed by atoms with Gasteiger partial charge in [-0.25, -0.2) is 0 Å². The van der Waals surface area contributed by atoms with Crippen LogP contribution in [0.3, 0.4) is 0 Å². The standard InChI is InChI=1S/C19H19ClN4O6/c1-12(30-14-8-6-13(7-9-14)24(28)29)19(27)23-22-18(26)11-10-17(25)21-16-5-3-2-4-15(16)20/h2-9,12H,10-11H2,1H3,(H,21,25)(H,22,26)(H,23,27). The number of halogens is 1. The Morgan fingerprint density at radius 2 is 1.67 bits per heavy atom. The lowest BCUT2D eigenvalue weighted by Crippen LogP contribution is -2.47. The average Bonchev–Trinajstić information content (AvgIpc) is 2.72. The van der Waals surface area contributed by atoms with Crippen molar-refractivity contribution in [3.63, 3.8) is 0 Å². The highest BCUT2D eigenvalue weighted by atomic mass is 35.5. The van der Waals surface area contributed by atoms with E-state index in [9.17, 15) is 24.5 Å². The number of para-hydroxylation sites is 1. The van der Waals surface area contributed by atoms with Gasteiger partial charge in [-0.1, -0.05) is 23.7 Å². The van der Waals surface area contributed by atoms with Gasteiger partial charge in [-0.2, -0.15) is 0 Å². The van der Waals surface area contributed by atoms with E-state index in [1.807, 2.05) is 0 Å². The summed E-state index contributed by atoms with van der Waals surface area (Å²) in [5, 5.41) is 13.6. The molecular formula is C19H19ClN4O6. The van der Waals surface area contributed by atoms with E-state index >= 15 is 0 Å². The van der Waals surface area contributed by atoms with Crippen molar-refractivity contribution in [2.24, 2.45) is 0 Å². The second-order valence-corrected chi connectivity index (χ2v) is 6.48. The number of non-ortho nitro benzene ring substituents is 1. The predicted molar refractivity (Wildman–Crippen MR) is 109 cm³/mol. The van der Waals surface area contributed by atoms with Crippen LogP contribution in [-0.4, -0.2) is 28.7 Å². The van der Waals surface area contributed by atoms with Gasteiger partial charge in [0.1, 0.15) is 5.75 Å². The van der Waals surface area contributed by atoms with Gasteiger partial charge >= 0.3 is 0 Å². The molecule has 0 aromatic heterocycles. The SMILES string of the molecule is CC(Oc1ccc([N+](=O)[O-])cc1)C(=O)NNC(=O)CCC(=O)Nc1ccccc1Cl. The number of rotatable bonds is 8. The maximum atomic E-state index is 12.0. The number of nitro groups is 1. The highest BCUT2D eigenvalue weighted by molar-refractivity contribution is 6.33. The van der Waals surface area contributed by atoms with Gasteiger partial charge in [-0.05, 0) is 31.2 Å². The molecule has 0 saturated heterocycles. The molecule has 10 nitrogen and oxygen atoms in total. The fraction of sp³-hybridized carbons (Fsp3) is 0.211. The minimum Gasteiger partial charge on any atom is -0.481 e. The molecule has 0 saturated carbocycles. The first kappa shape index (κ1) is 22.6. The Hall–Kier alpha value is -3.66. The molecule has 0 heterocycles. The largest absolute Gasteiger partial charge is 0.481 e. The third-order valence-electron chi connectivity index (χ3n) is 3.78. The Balaban J connectivity index is 1.71. The second kappa shape index (κ2) is 10.8. The van der Waals surface area contributed by atoms with Crippen molar-refractivity contribution in [2.75, 3.05) is 5.32 Å². The smallest absolute Gasteiger partial charge is 0.279 e. The first-order valence-corrected chi connectivity index (χ1v) is 9.18. The molecule has 2 aromatic carbocycles. The molecule has 1 atom stereocenters. The Morgan fingerprint density at radius 1 is 1.03 bits per heavy atom. The summed E-state index contributed by atoms with van der Waals surface area (Å²) in [6.07, 6.45) is -1.24. The van der Waals surface area contributed by atoms with Crippen molar-refractivity contribution in [3.05, 3.63) is 63.7 Å². The molecule has 2 rings (SSSR count). The van der Waals surface area contributed by atoms with Crippen LogP contribution in [0.2, 0.25) is 5.02 Å². The third kappa shape index (κ3) is 7.06. The fourth-order valence-corrected chi connectivity index (χ4v) is 2.38. The van der Waals surface area contributed by atoms with Crippen molar-refractivity contribution in [3.8, 4) is 5.75 Å². The first-order valence-electron chi connectivity index (χ1n) is 8.80. The molecule has 1 unspecified atom stereocenters. The Bertz CT molecular complexity index is 935. The molecule has 0 radical (unpaired) electrons. The summed E-state index contributed by atoms with van der Waals surface area (Å²) in [6, 6.07) is 11.9. The summed E-state index contributed by atoms with van der Waals surface area (Å²) in [7, 11) is 0. The van der Waals surface area contributed by atoms with Gasteiger partial charge in [-0.15, -0.1) is 0 Å². The van der Waals surface area contributed by atoms with Crippen molar-refractivity contribution in [1.29, 1.82) is 0 Å². The highest BCUT2D eigenvalue weighted by Gasteiger charge is 2.16. The van der Waals surface area contributed by atoms with Crippen LogP contribution in [0.25, 0.3) is 0 Å². The Labute approximate surface area is 176 Å². The summed E-state index contributed by atoms with van der Waals surface area (Å²) in [5.41, 5.74) is 4.71. The van der Waals surface area contributed by atoms with E-state index < -0.39 is 28.7 Å². The average molecular weight is 435 g/mol. The van der Waals surface area contributed by atoms with E-state index in [1.54, 1.807) is 24.3 Å². The minimum absolute atomic E-state index is 0.106. The quantitative estimate of drug-likeness (QED) is 0.431. The molecule has 3 N–H and O–H groups in total. The van der Waals surface area contributed by atoms with Crippen LogP contribution in [0.5, 0.6) is 5.75 Å². The lowest BCUT2D eigenvalue weighted by molar-refractivity contribution is -0.384. The molecule has 0 aliphatic rings. The number of amides is 3. The predicted octanol–water partition coefficient (Wildman–Crippen LogP) is 2.58. The molecule has 158 valence electrons. The minimum atomic E-state index is -0.977. The summed E-state index contributed by atoms with van der Waals surface area (Å²) in [6.45, 7) is 1.44. The van der Waals surface area contributed by atoms with Crippen LogP contribution < -0.4 is 20.9 Å². The van der Waals surface area contributed by atoms with Crippen LogP contribution in [0.1, 0.15) is 19.8 Å². The Morgan fingerprint density at radius 3 is 2.30 bits per heavy atom. The fourth-order valence-electron chi connectivity index (χ4n) is 2.20. The number of hydrogen-bond acceptors (Lipinski definition) is 6. The van der Waals surface area contributed by atoms with Crippen molar-refractivity contribution >= 4 is 40.7 Å². The van der Waals surface area contributed by atoms with E-state index in [1.165, 1.54) is 31.2 Å². The van der Waals surface area contributed by atoms with Crippen LogP contribution >= 0.6 is 11.6 Å². The van der Waals surface area contributed by atoms with Gasteiger partial charge in [0, 0.05) is 25.0 Å². The molecule has 0 bridgehead atoms. The maximum absolute atomic E-state index is 12.0. The van der Waals surface area contributed by atoms with Crippen molar-refractivity contribution in [2.45, 2.75) is 25.9 Å². The van der Waals surface area contributed by atoms with Crippen LogP contribution in [0.15, 0.2) is 48.5 Å². The first-order chi connectivity index (χ1) is 14.3. The number of ether oxygens (including phenoxy) is 1. The van der Waals surface area contributed by atoms with E-state index in [-0.39, 0.29) is 24.3 Å². The lowest BCUT2D eigenvalue weighted by atomic mass is 10.2. The molecular weight excluding hydrogens is 416 g/mol. The van der Waals surface area contributed by atoms with Gasteiger partial charge in [0.25, 0.3) is 11.6 Å². The van der Waals surface area contributed by atoms with Gasteiger partial charge in [0.2, 0.25) is 11.8 Å². The Kier molecular flexibility index (Phi) is 8.12. The number of nitro benzene ring substituents is 1. The van der Waals surface area contributed by atoms with E-state index in [0.29, 0.717) is 10.7 Å². The van der Waals surface area contributed by atoms with Crippen LogP contribution in [0.4, 0.5) is 11.4 Å². The zero-order valence-electron chi connectivity index (χ0n) is 15.9. The number of carbonyl (C=O) groups is 3. The number of hydrazine groups is 1. The zero-order chi connectivity index (χ0) is 22.1. The summed E-state index contributed by atoms with van der Waals surface area (Å²) in [5.74, 6) is -1.35. The normalized spacial score (nSPS) is 11.1. The van der Waals surface area contributed by atoms with Gasteiger partial charge in [0.15, 0.2) is 6.10 Å². The number of anilines is 1. The molecule has 30 heavy (non-hydrogen) atoms. The molecule has 2 aromatic rings. The molecule has 0 aliphatic heterocycles. The number of benzene rings is 2. The van der Waals surface area contributed by atoms with Crippen LogP contribution in [0, 0.1) is 10.1 Å². The summed E-state index contributed by atoms with van der Waals surface area (Å²) < 4.78 is 5.36. The van der Waals surface area contributed by atoms with Crippen molar-refractivity contribution in [1.82, 2.24) is 10.9 Å². The number of carbonyl (C=O) groups excluding carboxylic acids is 3. The van der Waals surface area contributed by atoms with Gasteiger partial charge in [0.05, 0.1) is 15.6 Å². The maximum Gasteiger partial charge on any atom is 0.279 e. The zero-order valence-corrected chi connectivity index (χ0v) is 16.6. The van der Waals surface area contributed by atoms with Crippen LogP contribution in [-0.2, 0) is 14.4 Å². The lowest BCUT2D eigenvalue weighted by Gasteiger charge is -2.15. The monoisotopic (exact) mass is 434 g/mol. The van der Waals surface area contributed by atoms with E-state index in [0.717, 1.165) is 0 Å². The third-order valence-corrected chi connectivity index (χ3v) is 4.11. The molecule has 0 spiro atoms. The van der Waals surface area contributed by atoms with Gasteiger partial charge in [-0.3, -0.25) is 35.3 Å². The van der Waals surface area contributed by atoms with Crippen molar-refractivity contribution < 1.29 is 24.0 Å².